The molecule has 1 amide bonds. The summed E-state index contributed by atoms with van der Waals surface area (Å²) in [6, 6.07) is 17.2. The molecule has 3 nitrogen and oxygen atoms in total. The number of carbonyl (C=O) groups excluding carboxylic acids is 1. The molecule has 104 valence electrons. The Bertz CT molecular complexity index is 784. The molecule has 0 aliphatic rings. The second kappa shape index (κ2) is 5.71. The van der Waals surface area contributed by atoms with Crippen LogP contribution in [-0.2, 0) is 11.2 Å². The number of benzene rings is 2. The lowest BCUT2D eigenvalue weighted by Crippen LogP contribution is -2.15. The monoisotopic (exact) mass is 280 g/mol. The van der Waals surface area contributed by atoms with Crippen LogP contribution in [0.15, 0.2) is 60.7 Å². The Balaban J connectivity index is 1.72. The smallest absolute Gasteiger partial charge is 0.230 e. The van der Waals surface area contributed by atoms with E-state index in [1.807, 2.05) is 36.4 Å². The highest BCUT2D eigenvalue weighted by Crippen LogP contribution is 2.13. The number of aromatic nitrogens is 1. The maximum atomic E-state index is 12.8. The number of nitrogens with zero attached hydrogens (tertiary/aromatic N) is 1. The van der Waals surface area contributed by atoms with Crippen LogP contribution in [0.3, 0.4) is 0 Å². The number of anilines is 1. The molecule has 2 aromatic carbocycles. The summed E-state index contributed by atoms with van der Waals surface area (Å²) < 4.78 is 12.8. The Morgan fingerprint density at radius 2 is 1.76 bits per heavy atom. The third-order valence-electron chi connectivity index (χ3n) is 3.13. The number of pyridine rings is 1. The van der Waals surface area contributed by atoms with E-state index in [1.54, 1.807) is 0 Å². The Hall–Kier alpha value is -2.75. The molecule has 0 bridgehead atoms. The molecule has 0 fully saturated rings. The van der Waals surface area contributed by atoms with Gasteiger partial charge < -0.3 is 5.32 Å². The van der Waals surface area contributed by atoms with Crippen molar-refractivity contribution in [3.63, 3.8) is 0 Å². The van der Waals surface area contributed by atoms with Gasteiger partial charge in [0.1, 0.15) is 5.82 Å². The molecule has 3 rings (SSSR count). The minimum atomic E-state index is -0.329. The number of para-hydroxylation sites is 1. The van der Waals surface area contributed by atoms with Gasteiger partial charge in [0.15, 0.2) is 0 Å². The largest absolute Gasteiger partial charge is 0.326 e. The summed E-state index contributed by atoms with van der Waals surface area (Å²) in [4.78, 5) is 16.4. The van der Waals surface area contributed by atoms with Gasteiger partial charge in [-0.2, -0.15) is 0 Å². The fourth-order valence-electron chi connectivity index (χ4n) is 2.11. The first kappa shape index (κ1) is 13.2. The first-order valence-corrected chi connectivity index (χ1v) is 6.61. The highest BCUT2D eigenvalue weighted by molar-refractivity contribution is 5.92. The minimum absolute atomic E-state index is 0.176. The van der Waals surface area contributed by atoms with E-state index in [0.29, 0.717) is 11.4 Å². The molecule has 0 unspecified atom stereocenters. The summed E-state index contributed by atoms with van der Waals surface area (Å²) in [7, 11) is 0. The van der Waals surface area contributed by atoms with Crippen molar-refractivity contribution in [3.05, 3.63) is 72.2 Å². The predicted octanol–water partition coefficient (Wildman–Crippen LogP) is 3.56. The van der Waals surface area contributed by atoms with E-state index in [4.69, 9.17) is 0 Å². The van der Waals surface area contributed by atoms with Crippen LogP contribution in [0.5, 0.6) is 0 Å². The summed E-state index contributed by atoms with van der Waals surface area (Å²) in [6.07, 6.45) is 0.183. The summed E-state index contributed by atoms with van der Waals surface area (Å²) in [5.74, 6) is -0.506. The second-order valence-corrected chi connectivity index (χ2v) is 4.73. The predicted molar refractivity (Wildman–Crippen MR) is 80.5 cm³/mol. The topological polar surface area (TPSA) is 42.0 Å². The normalized spacial score (nSPS) is 10.5. The molecule has 3 aromatic rings. The molecule has 0 aliphatic carbocycles. The lowest BCUT2D eigenvalue weighted by Gasteiger charge is -2.05. The molecular formula is C17H13FN2O. The van der Waals surface area contributed by atoms with Gasteiger partial charge in [0.05, 0.1) is 17.6 Å². The van der Waals surface area contributed by atoms with Gasteiger partial charge in [-0.05, 0) is 36.4 Å². The number of hydrogen-bond acceptors (Lipinski definition) is 2. The number of carbonyl (C=O) groups is 1. The Labute approximate surface area is 121 Å². The number of rotatable bonds is 3. The van der Waals surface area contributed by atoms with Crippen molar-refractivity contribution in [2.45, 2.75) is 6.42 Å². The zero-order valence-electron chi connectivity index (χ0n) is 11.2. The molecule has 1 aromatic heterocycles. The molecule has 4 heteroatoms. The fraction of sp³-hybridized carbons (Fsp3) is 0.0588. The number of hydrogen-bond donors (Lipinski definition) is 1. The standard InChI is InChI=1S/C17H13FN2O/c18-13-6-9-14(10-7-13)20-17(21)11-15-8-5-12-3-1-2-4-16(12)19-15/h1-10H,11H2,(H,20,21). The van der Waals surface area contributed by atoms with E-state index in [-0.39, 0.29) is 18.1 Å². The van der Waals surface area contributed by atoms with Crippen LogP contribution in [0.2, 0.25) is 0 Å². The van der Waals surface area contributed by atoms with E-state index in [0.717, 1.165) is 10.9 Å². The van der Waals surface area contributed by atoms with Crippen LogP contribution in [0, 0.1) is 5.82 Å². The average Bonchev–Trinajstić information content (AvgIpc) is 2.49. The van der Waals surface area contributed by atoms with Crippen molar-refractivity contribution in [2.75, 3.05) is 5.32 Å². The van der Waals surface area contributed by atoms with Crippen molar-refractivity contribution >= 4 is 22.5 Å². The van der Waals surface area contributed by atoms with Crippen LogP contribution < -0.4 is 5.32 Å². The maximum Gasteiger partial charge on any atom is 0.230 e. The molecular weight excluding hydrogens is 267 g/mol. The quantitative estimate of drug-likeness (QED) is 0.797. The Morgan fingerprint density at radius 3 is 2.57 bits per heavy atom. The summed E-state index contributed by atoms with van der Waals surface area (Å²) in [5, 5.41) is 3.76. The van der Waals surface area contributed by atoms with E-state index < -0.39 is 0 Å². The zero-order valence-corrected chi connectivity index (χ0v) is 11.2. The van der Waals surface area contributed by atoms with Gasteiger partial charge in [-0.3, -0.25) is 9.78 Å². The summed E-state index contributed by atoms with van der Waals surface area (Å²) in [5.41, 5.74) is 2.14. The lowest BCUT2D eigenvalue weighted by molar-refractivity contribution is -0.115. The highest BCUT2D eigenvalue weighted by atomic mass is 19.1. The number of amides is 1. The van der Waals surface area contributed by atoms with Gasteiger partial charge in [0.25, 0.3) is 0 Å². The third-order valence-corrected chi connectivity index (χ3v) is 3.13. The summed E-state index contributed by atoms with van der Waals surface area (Å²) >= 11 is 0. The van der Waals surface area contributed by atoms with Crippen molar-refractivity contribution < 1.29 is 9.18 Å². The third kappa shape index (κ3) is 3.23. The summed E-state index contributed by atoms with van der Waals surface area (Å²) in [6.45, 7) is 0. The first-order valence-electron chi connectivity index (χ1n) is 6.61. The van der Waals surface area contributed by atoms with Gasteiger partial charge in [-0.25, -0.2) is 4.39 Å². The van der Waals surface area contributed by atoms with E-state index in [9.17, 15) is 9.18 Å². The van der Waals surface area contributed by atoms with Crippen molar-refractivity contribution in [1.82, 2.24) is 4.98 Å². The SMILES string of the molecule is O=C(Cc1ccc2ccccc2n1)Nc1ccc(F)cc1. The molecule has 0 saturated heterocycles. The second-order valence-electron chi connectivity index (χ2n) is 4.73. The van der Waals surface area contributed by atoms with Crippen LogP contribution in [0.1, 0.15) is 5.69 Å². The molecule has 1 heterocycles. The molecule has 0 saturated carbocycles. The molecule has 0 radical (unpaired) electrons. The van der Waals surface area contributed by atoms with Crippen molar-refractivity contribution in [3.8, 4) is 0 Å². The van der Waals surface area contributed by atoms with Crippen LogP contribution in [-0.4, -0.2) is 10.9 Å². The number of fused-ring (bicyclic) bond motifs is 1. The highest BCUT2D eigenvalue weighted by Gasteiger charge is 2.06. The van der Waals surface area contributed by atoms with Crippen LogP contribution in [0.25, 0.3) is 10.9 Å². The molecule has 0 spiro atoms. The Kier molecular flexibility index (Phi) is 3.60. The van der Waals surface area contributed by atoms with Gasteiger partial charge in [0, 0.05) is 11.1 Å². The number of nitrogens with one attached hydrogen (secondary N) is 1. The molecule has 1 N–H and O–H groups in total. The zero-order chi connectivity index (χ0) is 14.7. The molecule has 21 heavy (non-hydrogen) atoms. The van der Waals surface area contributed by atoms with Crippen LogP contribution >= 0.6 is 0 Å². The Morgan fingerprint density at radius 1 is 1.00 bits per heavy atom. The van der Waals surface area contributed by atoms with Crippen LogP contribution in [0.4, 0.5) is 10.1 Å². The lowest BCUT2D eigenvalue weighted by atomic mass is 10.2. The first-order chi connectivity index (χ1) is 10.2. The van der Waals surface area contributed by atoms with E-state index in [1.165, 1.54) is 24.3 Å². The average molecular weight is 280 g/mol. The minimum Gasteiger partial charge on any atom is -0.326 e. The maximum absolute atomic E-state index is 12.8. The number of halogens is 1. The van der Waals surface area contributed by atoms with E-state index in [2.05, 4.69) is 10.3 Å². The van der Waals surface area contributed by atoms with Gasteiger partial charge in [-0.1, -0.05) is 24.3 Å². The van der Waals surface area contributed by atoms with E-state index >= 15 is 0 Å². The van der Waals surface area contributed by atoms with Gasteiger partial charge >= 0.3 is 0 Å². The van der Waals surface area contributed by atoms with Crippen molar-refractivity contribution in [2.24, 2.45) is 0 Å². The molecule has 0 aliphatic heterocycles. The fourth-order valence-corrected chi connectivity index (χ4v) is 2.11. The van der Waals surface area contributed by atoms with Crippen molar-refractivity contribution in [1.29, 1.82) is 0 Å². The molecule has 0 atom stereocenters. The van der Waals surface area contributed by atoms with Gasteiger partial charge in [0.2, 0.25) is 5.91 Å². The van der Waals surface area contributed by atoms with Gasteiger partial charge in [-0.15, -0.1) is 0 Å².